The summed E-state index contributed by atoms with van der Waals surface area (Å²) in [6.07, 6.45) is 0.235. The van der Waals surface area contributed by atoms with Crippen molar-refractivity contribution >= 4 is 6.09 Å². The van der Waals surface area contributed by atoms with E-state index in [-0.39, 0.29) is 18.0 Å². The second-order valence-electron chi connectivity index (χ2n) is 6.60. The van der Waals surface area contributed by atoms with Crippen LogP contribution in [0.3, 0.4) is 0 Å². The molecule has 116 valence electrons. The first kappa shape index (κ1) is 15.8. The van der Waals surface area contributed by atoms with Crippen LogP contribution in [-0.4, -0.2) is 23.1 Å². The fourth-order valence-corrected chi connectivity index (χ4v) is 2.46. The van der Waals surface area contributed by atoms with Crippen molar-refractivity contribution in [3.05, 3.63) is 34.6 Å². The van der Waals surface area contributed by atoms with Crippen molar-refractivity contribution in [2.24, 2.45) is 5.73 Å². The van der Waals surface area contributed by atoms with Crippen molar-refractivity contribution in [3.63, 3.8) is 0 Å². The highest BCUT2D eigenvalue weighted by Crippen LogP contribution is 2.28. The number of halogens is 1. The molecule has 1 aliphatic heterocycles. The molecule has 0 aliphatic carbocycles. The molecule has 0 aromatic heterocycles. The monoisotopic (exact) mass is 294 g/mol. The molecular formula is C16H23FN2O2. The molecule has 4 nitrogen and oxygen atoms in total. The van der Waals surface area contributed by atoms with Crippen LogP contribution in [0.4, 0.5) is 9.18 Å². The van der Waals surface area contributed by atoms with Gasteiger partial charge in [0, 0.05) is 19.1 Å². The molecule has 2 N–H and O–H groups in total. The van der Waals surface area contributed by atoms with Crippen LogP contribution < -0.4 is 5.73 Å². The Morgan fingerprint density at radius 1 is 1.43 bits per heavy atom. The van der Waals surface area contributed by atoms with Gasteiger partial charge in [0.2, 0.25) is 0 Å². The van der Waals surface area contributed by atoms with Crippen LogP contribution >= 0.6 is 0 Å². The highest BCUT2D eigenvalue weighted by Gasteiger charge is 2.27. The van der Waals surface area contributed by atoms with Gasteiger partial charge in [-0.05, 0) is 56.9 Å². The van der Waals surface area contributed by atoms with Crippen LogP contribution in [0.5, 0.6) is 0 Å². The van der Waals surface area contributed by atoms with Crippen LogP contribution in [0.2, 0.25) is 0 Å². The highest BCUT2D eigenvalue weighted by molar-refractivity contribution is 5.68. The Morgan fingerprint density at radius 3 is 2.71 bits per heavy atom. The summed E-state index contributed by atoms with van der Waals surface area (Å²) in [7, 11) is 0. The molecule has 1 atom stereocenters. The zero-order valence-electron chi connectivity index (χ0n) is 13.1. The predicted molar refractivity (Wildman–Crippen MR) is 79.3 cm³/mol. The van der Waals surface area contributed by atoms with Gasteiger partial charge in [0.25, 0.3) is 0 Å². The molecule has 0 bridgehead atoms. The lowest BCUT2D eigenvalue weighted by atomic mass is 9.98. The van der Waals surface area contributed by atoms with Gasteiger partial charge in [-0.2, -0.15) is 0 Å². The van der Waals surface area contributed by atoms with E-state index >= 15 is 0 Å². The summed E-state index contributed by atoms with van der Waals surface area (Å²) in [5.74, 6) is -0.255. The average molecular weight is 294 g/mol. The maximum atomic E-state index is 13.7. The van der Waals surface area contributed by atoms with Gasteiger partial charge in [0.15, 0.2) is 0 Å². The van der Waals surface area contributed by atoms with Crippen LogP contribution in [0.15, 0.2) is 12.1 Å². The first-order valence-corrected chi connectivity index (χ1v) is 7.20. The quantitative estimate of drug-likeness (QED) is 0.799. The fourth-order valence-electron chi connectivity index (χ4n) is 2.46. The summed E-state index contributed by atoms with van der Waals surface area (Å²) in [4.78, 5) is 13.9. The lowest BCUT2D eigenvalue weighted by molar-refractivity contribution is 0.0235. The zero-order valence-corrected chi connectivity index (χ0v) is 13.1. The van der Waals surface area contributed by atoms with Gasteiger partial charge >= 0.3 is 6.09 Å². The number of nitrogens with two attached hydrogens (primary N) is 1. The van der Waals surface area contributed by atoms with Crippen molar-refractivity contribution < 1.29 is 13.9 Å². The maximum Gasteiger partial charge on any atom is 0.410 e. The summed E-state index contributed by atoms with van der Waals surface area (Å²) in [6, 6.07) is 3.00. The third-order valence-electron chi connectivity index (χ3n) is 3.54. The number of hydrogen-bond acceptors (Lipinski definition) is 3. The molecular weight excluding hydrogens is 271 g/mol. The molecule has 1 aromatic rings. The number of fused-ring (bicyclic) bond motifs is 1. The minimum atomic E-state index is -0.535. The van der Waals surface area contributed by atoms with Gasteiger partial charge in [-0.3, -0.25) is 0 Å². The molecule has 0 fully saturated rings. The van der Waals surface area contributed by atoms with Crippen LogP contribution in [0, 0.1) is 12.7 Å². The first-order chi connectivity index (χ1) is 9.67. The first-order valence-electron chi connectivity index (χ1n) is 7.20. The molecule has 1 heterocycles. The third kappa shape index (κ3) is 3.73. The molecule has 21 heavy (non-hydrogen) atoms. The van der Waals surface area contributed by atoms with Crippen LogP contribution in [0.1, 0.15) is 49.9 Å². The Morgan fingerprint density at radius 2 is 2.10 bits per heavy atom. The number of amides is 1. The van der Waals surface area contributed by atoms with Gasteiger partial charge in [0.05, 0.1) is 0 Å². The normalized spacial score (nSPS) is 19.0. The average Bonchev–Trinajstić information content (AvgIpc) is 2.49. The predicted octanol–water partition coefficient (Wildman–Crippen LogP) is 3.27. The van der Waals surface area contributed by atoms with Crippen LogP contribution in [-0.2, 0) is 11.3 Å². The Balaban J connectivity index is 2.27. The fraction of sp³-hybridized carbons (Fsp3) is 0.562. The lowest BCUT2D eigenvalue weighted by Crippen LogP contribution is -2.36. The number of carbonyl (C=O) groups excluding carboxylic acids is 1. The van der Waals surface area contributed by atoms with Gasteiger partial charge in [-0.15, -0.1) is 0 Å². The van der Waals surface area contributed by atoms with E-state index in [1.807, 2.05) is 20.8 Å². The van der Waals surface area contributed by atoms with Gasteiger partial charge in [0.1, 0.15) is 11.4 Å². The Labute approximate surface area is 125 Å². The summed E-state index contributed by atoms with van der Waals surface area (Å²) < 4.78 is 19.1. The second-order valence-corrected chi connectivity index (χ2v) is 6.60. The molecule has 1 aromatic carbocycles. The molecule has 2 rings (SSSR count). The number of aryl methyl sites for hydroxylation is 1. The third-order valence-corrected chi connectivity index (χ3v) is 3.54. The van der Waals surface area contributed by atoms with Crippen molar-refractivity contribution in [3.8, 4) is 0 Å². The standard InChI is InChI=1S/C16H23FN2O2/c1-10-7-11-9-19(15(20)21-16(2,3)4)6-5-14(18)12(11)8-13(10)17/h7-8,14H,5-6,9,18H2,1-4H3/t14-/m0/s1. The molecule has 5 heteroatoms. The van der Waals surface area contributed by atoms with E-state index in [1.165, 1.54) is 6.07 Å². The highest BCUT2D eigenvalue weighted by atomic mass is 19.1. The summed E-state index contributed by atoms with van der Waals surface area (Å²) in [5, 5.41) is 0. The zero-order chi connectivity index (χ0) is 15.8. The number of hydrogen-bond donors (Lipinski definition) is 1. The van der Waals surface area contributed by atoms with E-state index in [0.717, 1.165) is 11.1 Å². The van der Waals surface area contributed by atoms with Crippen molar-refractivity contribution in [1.82, 2.24) is 4.90 Å². The van der Waals surface area contributed by atoms with E-state index in [4.69, 9.17) is 10.5 Å². The van der Waals surface area contributed by atoms with E-state index in [9.17, 15) is 9.18 Å². The SMILES string of the molecule is Cc1cc2c(cc1F)[C@@H](N)CCN(C(=O)OC(C)(C)C)C2. The van der Waals surface area contributed by atoms with E-state index < -0.39 is 5.60 Å². The van der Waals surface area contributed by atoms with Gasteiger partial charge < -0.3 is 15.4 Å². The van der Waals surface area contributed by atoms with Gasteiger partial charge in [-0.1, -0.05) is 6.07 Å². The second kappa shape index (κ2) is 5.64. The van der Waals surface area contributed by atoms with E-state index in [1.54, 1.807) is 17.9 Å². The summed E-state index contributed by atoms with van der Waals surface area (Å²) in [6.45, 7) is 8.13. The van der Waals surface area contributed by atoms with E-state index in [2.05, 4.69) is 0 Å². The maximum absolute atomic E-state index is 13.7. The Hall–Kier alpha value is -1.62. The molecule has 0 saturated heterocycles. The molecule has 0 unspecified atom stereocenters. The van der Waals surface area contributed by atoms with Crippen molar-refractivity contribution in [2.45, 2.75) is 52.3 Å². The van der Waals surface area contributed by atoms with Crippen LogP contribution in [0.25, 0.3) is 0 Å². The Kier molecular flexibility index (Phi) is 4.23. The summed E-state index contributed by atoms with van der Waals surface area (Å²) in [5.41, 5.74) is 7.81. The Bertz CT molecular complexity index is 552. The van der Waals surface area contributed by atoms with Crippen molar-refractivity contribution in [1.29, 1.82) is 0 Å². The topological polar surface area (TPSA) is 55.6 Å². The minimum absolute atomic E-state index is 0.255. The molecule has 0 radical (unpaired) electrons. The summed E-state index contributed by atoms with van der Waals surface area (Å²) >= 11 is 0. The largest absolute Gasteiger partial charge is 0.444 e. The molecule has 0 saturated carbocycles. The minimum Gasteiger partial charge on any atom is -0.444 e. The molecule has 0 spiro atoms. The van der Waals surface area contributed by atoms with Gasteiger partial charge in [-0.25, -0.2) is 9.18 Å². The number of carbonyl (C=O) groups is 1. The molecule has 1 aliphatic rings. The smallest absolute Gasteiger partial charge is 0.410 e. The van der Waals surface area contributed by atoms with E-state index in [0.29, 0.717) is 25.1 Å². The number of benzene rings is 1. The molecule has 1 amide bonds. The number of rotatable bonds is 0. The lowest BCUT2D eigenvalue weighted by Gasteiger charge is -2.26. The van der Waals surface area contributed by atoms with Crippen molar-refractivity contribution in [2.75, 3.05) is 6.54 Å². The number of nitrogens with zero attached hydrogens (tertiary/aromatic N) is 1. The number of ether oxygens (including phenoxy) is 1.